The molecule has 0 saturated carbocycles. The molecule has 0 unspecified atom stereocenters. The maximum atomic E-state index is 12.2. The van der Waals surface area contributed by atoms with Crippen molar-refractivity contribution in [1.29, 1.82) is 0 Å². The van der Waals surface area contributed by atoms with Crippen molar-refractivity contribution in [2.24, 2.45) is 0 Å². The van der Waals surface area contributed by atoms with Crippen LogP contribution in [-0.4, -0.2) is 39.9 Å². The smallest absolute Gasteiger partial charge is 0.347 e. The predicted octanol–water partition coefficient (Wildman–Crippen LogP) is 2.56. The minimum absolute atomic E-state index is 0.201. The lowest BCUT2D eigenvalue weighted by molar-refractivity contribution is 0.0738. The second kappa shape index (κ2) is 7.89. The predicted molar refractivity (Wildman–Crippen MR) is 91.5 cm³/mol. The van der Waals surface area contributed by atoms with Gasteiger partial charge < -0.3 is 13.9 Å². The summed E-state index contributed by atoms with van der Waals surface area (Å²) in [7, 11) is 0. The fourth-order valence-corrected chi connectivity index (χ4v) is 2.37. The van der Waals surface area contributed by atoms with E-state index in [0.717, 1.165) is 18.2 Å². The number of unbranched alkanes of at least 4 members (excludes halogenated alkanes) is 1. The van der Waals surface area contributed by atoms with Crippen molar-refractivity contribution >= 4 is 11.0 Å². The monoisotopic (exact) mass is 344 g/mol. The van der Waals surface area contributed by atoms with Gasteiger partial charge >= 0.3 is 5.63 Å². The number of fused-ring (bicyclic) bond motifs is 1. The van der Waals surface area contributed by atoms with Crippen LogP contribution in [0.15, 0.2) is 33.5 Å². The molecule has 1 N–H and O–H groups in total. The van der Waals surface area contributed by atoms with E-state index < -0.39 is 5.63 Å². The van der Waals surface area contributed by atoms with Crippen LogP contribution < -0.4 is 10.4 Å². The van der Waals surface area contributed by atoms with Gasteiger partial charge in [0.25, 0.3) is 0 Å². The molecule has 0 aliphatic rings. The third-order valence-corrected chi connectivity index (χ3v) is 3.56. The van der Waals surface area contributed by atoms with Crippen LogP contribution in [0.4, 0.5) is 0 Å². The Hall–Kier alpha value is -2.74. The summed E-state index contributed by atoms with van der Waals surface area (Å²) in [6.07, 6.45) is 2.00. The lowest BCUT2D eigenvalue weighted by Gasteiger charge is -2.09. The number of para-hydroxylation sites is 1. The van der Waals surface area contributed by atoms with E-state index in [9.17, 15) is 4.79 Å². The van der Waals surface area contributed by atoms with Crippen LogP contribution in [0.5, 0.6) is 5.75 Å². The van der Waals surface area contributed by atoms with Crippen LogP contribution in [0.2, 0.25) is 0 Å². The molecular formula is C17H20N4O4. The topological polar surface area (TPSA) is 103 Å². The molecule has 0 bridgehead atoms. The van der Waals surface area contributed by atoms with Gasteiger partial charge in [-0.3, -0.25) is 0 Å². The van der Waals surface area contributed by atoms with Gasteiger partial charge in [0.1, 0.15) is 5.56 Å². The van der Waals surface area contributed by atoms with Gasteiger partial charge in [-0.05, 0) is 44.0 Å². The van der Waals surface area contributed by atoms with Gasteiger partial charge in [-0.15, -0.1) is 10.2 Å². The van der Waals surface area contributed by atoms with Crippen molar-refractivity contribution in [3.05, 3.63) is 34.7 Å². The highest BCUT2D eigenvalue weighted by Gasteiger charge is 2.14. The maximum absolute atomic E-state index is 12.2. The standard InChI is InChI=1S/C17H20N4O4/c1-11(2)23-8-3-4-9-24-14-7-5-6-12-10-13(16-18-20-21-19-16)17(22)25-15(12)14/h5-7,10-11H,3-4,8-9H2,1-2H3,(H,18,19,20,21). The molecule has 132 valence electrons. The number of hydrogen-bond donors (Lipinski definition) is 1. The Balaban J connectivity index is 1.72. The number of nitrogens with one attached hydrogen (secondary N) is 1. The molecule has 3 rings (SSSR count). The molecule has 0 fully saturated rings. The first-order chi connectivity index (χ1) is 12.1. The van der Waals surface area contributed by atoms with E-state index in [2.05, 4.69) is 20.6 Å². The molecule has 25 heavy (non-hydrogen) atoms. The molecule has 0 spiro atoms. The highest BCUT2D eigenvalue weighted by atomic mass is 16.5. The van der Waals surface area contributed by atoms with Crippen LogP contribution in [0, 0.1) is 0 Å². The molecule has 0 aliphatic heterocycles. The number of hydrogen-bond acceptors (Lipinski definition) is 7. The van der Waals surface area contributed by atoms with E-state index in [1.165, 1.54) is 0 Å². The highest BCUT2D eigenvalue weighted by molar-refractivity contribution is 5.85. The van der Waals surface area contributed by atoms with Gasteiger partial charge in [0.15, 0.2) is 11.3 Å². The van der Waals surface area contributed by atoms with E-state index in [-0.39, 0.29) is 17.5 Å². The van der Waals surface area contributed by atoms with Crippen LogP contribution >= 0.6 is 0 Å². The fourth-order valence-electron chi connectivity index (χ4n) is 2.37. The average Bonchev–Trinajstić information content (AvgIpc) is 3.11. The summed E-state index contributed by atoms with van der Waals surface area (Å²) in [5, 5.41) is 14.2. The summed E-state index contributed by atoms with van der Waals surface area (Å²) in [5.41, 5.74) is 0.137. The third kappa shape index (κ3) is 4.21. The van der Waals surface area contributed by atoms with Crippen LogP contribution in [0.3, 0.4) is 0 Å². The molecule has 0 radical (unpaired) electrons. The Labute approximate surface area is 144 Å². The molecule has 2 heterocycles. The van der Waals surface area contributed by atoms with E-state index >= 15 is 0 Å². The first kappa shape index (κ1) is 17.1. The quantitative estimate of drug-likeness (QED) is 0.495. The summed E-state index contributed by atoms with van der Waals surface area (Å²) in [6.45, 7) is 5.26. The van der Waals surface area contributed by atoms with Crippen molar-refractivity contribution < 1.29 is 13.9 Å². The lowest BCUT2D eigenvalue weighted by atomic mass is 10.1. The van der Waals surface area contributed by atoms with Gasteiger partial charge in [0.2, 0.25) is 5.82 Å². The normalized spacial score (nSPS) is 11.3. The highest BCUT2D eigenvalue weighted by Crippen LogP contribution is 2.26. The molecule has 8 nitrogen and oxygen atoms in total. The second-order valence-electron chi connectivity index (χ2n) is 5.83. The number of ether oxygens (including phenoxy) is 2. The number of aromatic nitrogens is 4. The van der Waals surface area contributed by atoms with Crippen LogP contribution in [0.25, 0.3) is 22.4 Å². The lowest BCUT2D eigenvalue weighted by Crippen LogP contribution is -2.07. The van der Waals surface area contributed by atoms with Gasteiger partial charge in [0, 0.05) is 12.0 Å². The SMILES string of the molecule is CC(C)OCCCCOc1cccc2cc(-c3nn[nH]n3)c(=O)oc12. The molecule has 8 heteroatoms. The van der Waals surface area contributed by atoms with E-state index in [1.54, 1.807) is 12.1 Å². The fraction of sp³-hybridized carbons (Fsp3) is 0.412. The molecule has 0 amide bonds. The number of nitrogens with zero attached hydrogens (tertiary/aromatic N) is 3. The summed E-state index contributed by atoms with van der Waals surface area (Å²) in [5.74, 6) is 0.742. The first-order valence-corrected chi connectivity index (χ1v) is 8.20. The zero-order valence-electron chi connectivity index (χ0n) is 14.2. The summed E-state index contributed by atoms with van der Waals surface area (Å²) in [6, 6.07) is 7.14. The Morgan fingerprint density at radius 3 is 2.84 bits per heavy atom. The first-order valence-electron chi connectivity index (χ1n) is 8.20. The minimum Gasteiger partial charge on any atom is -0.490 e. The van der Waals surface area contributed by atoms with Gasteiger partial charge in [-0.25, -0.2) is 4.79 Å². The largest absolute Gasteiger partial charge is 0.490 e. The molecule has 3 aromatic rings. The zero-order chi connectivity index (χ0) is 17.6. The van der Waals surface area contributed by atoms with Crippen LogP contribution in [-0.2, 0) is 4.74 Å². The molecule has 2 aromatic heterocycles. The van der Waals surface area contributed by atoms with E-state index in [1.807, 2.05) is 26.0 Å². The van der Waals surface area contributed by atoms with Crippen molar-refractivity contribution in [2.75, 3.05) is 13.2 Å². The average molecular weight is 344 g/mol. The Morgan fingerprint density at radius 1 is 1.24 bits per heavy atom. The number of benzene rings is 1. The zero-order valence-corrected chi connectivity index (χ0v) is 14.2. The van der Waals surface area contributed by atoms with Crippen molar-refractivity contribution in [2.45, 2.75) is 32.8 Å². The van der Waals surface area contributed by atoms with Crippen LogP contribution in [0.1, 0.15) is 26.7 Å². The van der Waals surface area contributed by atoms with Crippen molar-refractivity contribution in [3.63, 3.8) is 0 Å². The molecule has 0 saturated heterocycles. The molecule has 0 aliphatic carbocycles. The molecule has 1 aromatic carbocycles. The van der Waals surface area contributed by atoms with E-state index in [0.29, 0.717) is 24.5 Å². The summed E-state index contributed by atoms with van der Waals surface area (Å²) >= 11 is 0. The van der Waals surface area contributed by atoms with E-state index in [4.69, 9.17) is 13.9 Å². The van der Waals surface area contributed by atoms with Gasteiger partial charge in [-0.2, -0.15) is 5.21 Å². The number of rotatable bonds is 8. The third-order valence-electron chi connectivity index (χ3n) is 3.56. The number of H-pyrrole nitrogens is 1. The molecular weight excluding hydrogens is 324 g/mol. The summed E-state index contributed by atoms with van der Waals surface area (Å²) < 4.78 is 16.7. The number of tetrazole rings is 1. The van der Waals surface area contributed by atoms with Crippen molar-refractivity contribution in [1.82, 2.24) is 20.6 Å². The summed E-state index contributed by atoms with van der Waals surface area (Å²) in [4.78, 5) is 12.2. The Morgan fingerprint density at radius 2 is 2.08 bits per heavy atom. The Bertz CT molecular complexity index is 874. The molecule has 0 atom stereocenters. The number of aromatic amines is 1. The van der Waals surface area contributed by atoms with Gasteiger partial charge in [0.05, 0.1) is 12.7 Å². The minimum atomic E-state index is -0.532. The van der Waals surface area contributed by atoms with Gasteiger partial charge in [-0.1, -0.05) is 12.1 Å². The maximum Gasteiger partial charge on any atom is 0.347 e. The second-order valence-corrected chi connectivity index (χ2v) is 5.83. The Kier molecular flexibility index (Phi) is 5.39. The van der Waals surface area contributed by atoms with Crippen molar-refractivity contribution in [3.8, 4) is 17.1 Å².